The summed E-state index contributed by atoms with van der Waals surface area (Å²) >= 11 is 0. The van der Waals surface area contributed by atoms with Gasteiger partial charge in [0.1, 0.15) is 19.0 Å². The van der Waals surface area contributed by atoms with Gasteiger partial charge in [0, 0.05) is 0 Å². The number of carbonyl (C=O) groups excluding carboxylic acids is 1. The first-order valence-corrected chi connectivity index (χ1v) is 11.6. The van der Waals surface area contributed by atoms with Crippen LogP contribution in [0.1, 0.15) is 50.5 Å². The minimum atomic E-state index is -0.849. The van der Waals surface area contributed by atoms with E-state index in [2.05, 4.69) is 16.7 Å². The molecule has 1 saturated carbocycles. The lowest BCUT2D eigenvalue weighted by molar-refractivity contribution is -0.142. The maximum Gasteiger partial charge on any atom is 0.309 e. The first kappa shape index (κ1) is 23.0. The number of hydrogen-bond acceptors (Lipinski definition) is 6. The molecule has 0 aromatic heterocycles. The van der Waals surface area contributed by atoms with Crippen LogP contribution in [0.4, 0.5) is 0 Å². The van der Waals surface area contributed by atoms with Gasteiger partial charge < -0.3 is 30.0 Å². The number of amides is 1. The quantitative estimate of drug-likeness (QED) is 0.561. The van der Waals surface area contributed by atoms with Crippen molar-refractivity contribution in [2.75, 3.05) is 33.0 Å². The fraction of sp³-hybridized carbons (Fsp3) is 0.667. The molecule has 0 bridgehead atoms. The van der Waals surface area contributed by atoms with Crippen molar-refractivity contribution in [3.8, 4) is 5.75 Å². The summed E-state index contributed by atoms with van der Waals surface area (Å²) < 4.78 is 17.7. The lowest BCUT2D eigenvalue weighted by atomic mass is 9.82. The number of aliphatic carboxylic acids is 1. The van der Waals surface area contributed by atoms with Crippen molar-refractivity contribution in [2.24, 2.45) is 5.92 Å². The van der Waals surface area contributed by atoms with E-state index >= 15 is 0 Å². The molecule has 2 heterocycles. The van der Waals surface area contributed by atoms with Crippen LogP contribution in [-0.2, 0) is 19.1 Å². The fourth-order valence-corrected chi connectivity index (χ4v) is 5.06. The number of rotatable bonds is 8. The van der Waals surface area contributed by atoms with E-state index < -0.39 is 11.9 Å². The van der Waals surface area contributed by atoms with Crippen molar-refractivity contribution >= 4 is 11.9 Å². The molecular formula is C24H34N2O6. The Hall–Kier alpha value is -2.16. The molecule has 1 amide bonds. The van der Waals surface area contributed by atoms with Gasteiger partial charge in [-0.05, 0) is 63.1 Å². The van der Waals surface area contributed by atoms with Crippen molar-refractivity contribution in [2.45, 2.75) is 62.6 Å². The van der Waals surface area contributed by atoms with Crippen LogP contribution < -0.4 is 15.4 Å². The zero-order valence-corrected chi connectivity index (χ0v) is 18.7. The average Bonchev–Trinajstić information content (AvgIpc) is 3.17. The third-order valence-corrected chi connectivity index (χ3v) is 7.05. The summed E-state index contributed by atoms with van der Waals surface area (Å²) in [5.41, 5.74) is 0.803. The molecule has 8 heteroatoms. The third kappa shape index (κ3) is 5.24. The van der Waals surface area contributed by atoms with Gasteiger partial charge in [0.25, 0.3) is 0 Å². The third-order valence-electron chi connectivity index (χ3n) is 7.05. The highest BCUT2D eigenvalue weighted by Gasteiger charge is 2.46. The van der Waals surface area contributed by atoms with E-state index in [9.17, 15) is 9.59 Å². The molecule has 2 aliphatic heterocycles. The van der Waals surface area contributed by atoms with Gasteiger partial charge in [0.2, 0.25) is 5.91 Å². The first-order chi connectivity index (χ1) is 15.5. The molecule has 3 aliphatic rings. The van der Waals surface area contributed by atoms with Crippen LogP contribution in [0.5, 0.6) is 5.75 Å². The highest BCUT2D eigenvalue weighted by molar-refractivity contribution is 5.79. The van der Waals surface area contributed by atoms with Crippen LogP contribution in [-0.4, -0.2) is 67.6 Å². The first-order valence-electron chi connectivity index (χ1n) is 11.6. The Kier molecular flexibility index (Phi) is 7.33. The van der Waals surface area contributed by atoms with E-state index in [0.717, 1.165) is 50.0 Å². The molecule has 2 saturated heterocycles. The number of morpholine rings is 1. The Morgan fingerprint density at radius 1 is 1.28 bits per heavy atom. The molecule has 3 atom stereocenters. The van der Waals surface area contributed by atoms with E-state index in [1.54, 1.807) is 6.92 Å². The number of carboxylic acids is 1. The topological polar surface area (TPSA) is 106 Å². The second-order valence-corrected chi connectivity index (χ2v) is 9.35. The Morgan fingerprint density at radius 2 is 2.06 bits per heavy atom. The minimum Gasteiger partial charge on any atom is -0.492 e. The van der Waals surface area contributed by atoms with Gasteiger partial charge in [-0.2, -0.15) is 0 Å². The maximum absolute atomic E-state index is 11.8. The molecule has 4 rings (SSSR count). The van der Waals surface area contributed by atoms with Crippen LogP contribution in [0.25, 0.3) is 0 Å². The highest BCUT2D eigenvalue weighted by Crippen LogP contribution is 2.38. The molecule has 1 aromatic carbocycles. The number of hydrogen-bond donors (Lipinski definition) is 3. The Bertz CT molecular complexity index is 809. The monoisotopic (exact) mass is 446 g/mol. The number of ether oxygens (including phenoxy) is 3. The van der Waals surface area contributed by atoms with E-state index in [0.29, 0.717) is 19.1 Å². The number of carbonyl (C=O) groups is 2. The van der Waals surface area contributed by atoms with E-state index in [1.165, 1.54) is 0 Å². The van der Waals surface area contributed by atoms with Gasteiger partial charge >= 0.3 is 5.97 Å². The largest absolute Gasteiger partial charge is 0.492 e. The average molecular weight is 447 g/mol. The SMILES string of the molecule is CC(COc1ccccc1C1CCC(OCC2NCCC23COCC(=O)N3)CC1)C(=O)O. The Morgan fingerprint density at radius 3 is 2.81 bits per heavy atom. The second-order valence-electron chi connectivity index (χ2n) is 9.35. The van der Waals surface area contributed by atoms with Gasteiger partial charge in [-0.25, -0.2) is 0 Å². The van der Waals surface area contributed by atoms with E-state index in [4.69, 9.17) is 19.3 Å². The van der Waals surface area contributed by atoms with Crippen LogP contribution in [0.2, 0.25) is 0 Å². The summed E-state index contributed by atoms with van der Waals surface area (Å²) in [7, 11) is 0. The maximum atomic E-state index is 11.8. The summed E-state index contributed by atoms with van der Waals surface area (Å²) in [5.74, 6) is -0.274. The number of carboxylic acid groups (broad SMARTS) is 1. The molecule has 1 spiro atoms. The zero-order valence-electron chi connectivity index (χ0n) is 18.7. The van der Waals surface area contributed by atoms with Crippen molar-refractivity contribution in [3.05, 3.63) is 29.8 Å². The molecule has 1 aliphatic carbocycles. The number of para-hydroxylation sites is 1. The van der Waals surface area contributed by atoms with Gasteiger partial charge in [-0.15, -0.1) is 0 Å². The molecule has 0 radical (unpaired) electrons. The second kappa shape index (κ2) is 10.2. The van der Waals surface area contributed by atoms with Crippen LogP contribution >= 0.6 is 0 Å². The van der Waals surface area contributed by atoms with E-state index in [1.807, 2.05) is 18.2 Å². The summed E-state index contributed by atoms with van der Waals surface area (Å²) in [6.45, 7) is 3.90. The molecular weight excluding hydrogens is 412 g/mol. The smallest absolute Gasteiger partial charge is 0.309 e. The normalized spacial score (nSPS) is 31.3. The molecule has 32 heavy (non-hydrogen) atoms. The Balaban J connectivity index is 1.28. The highest BCUT2D eigenvalue weighted by atomic mass is 16.5. The standard InChI is InChI=1S/C24H34N2O6/c1-16(23(28)29)12-32-20-5-3-2-4-19(20)17-6-8-18(9-7-17)31-13-21-24(10-11-25-21)15-30-14-22(27)26-24/h2-5,16-18,21,25H,6-15H2,1H3,(H,26,27)(H,28,29). The molecule has 3 fully saturated rings. The lowest BCUT2D eigenvalue weighted by Gasteiger charge is -2.39. The van der Waals surface area contributed by atoms with Crippen molar-refractivity contribution in [3.63, 3.8) is 0 Å². The predicted octanol–water partition coefficient (Wildman–Crippen LogP) is 2.08. The molecule has 8 nitrogen and oxygen atoms in total. The van der Waals surface area contributed by atoms with Crippen molar-refractivity contribution in [1.82, 2.24) is 10.6 Å². The van der Waals surface area contributed by atoms with Crippen LogP contribution in [0.3, 0.4) is 0 Å². The summed E-state index contributed by atoms with van der Waals surface area (Å²) in [6.07, 6.45) is 4.99. The van der Waals surface area contributed by atoms with Crippen molar-refractivity contribution < 1.29 is 28.9 Å². The molecule has 3 N–H and O–H groups in total. The minimum absolute atomic E-state index is 0.0518. The van der Waals surface area contributed by atoms with Crippen LogP contribution in [0, 0.1) is 5.92 Å². The molecule has 176 valence electrons. The number of benzene rings is 1. The fourth-order valence-electron chi connectivity index (χ4n) is 5.06. The summed E-state index contributed by atoms with van der Waals surface area (Å²) in [4.78, 5) is 22.9. The zero-order chi connectivity index (χ0) is 22.6. The van der Waals surface area contributed by atoms with Gasteiger partial charge in [-0.1, -0.05) is 18.2 Å². The predicted molar refractivity (Wildman–Crippen MR) is 118 cm³/mol. The molecule has 3 unspecified atom stereocenters. The van der Waals surface area contributed by atoms with Gasteiger partial charge in [0.15, 0.2) is 0 Å². The van der Waals surface area contributed by atoms with Gasteiger partial charge in [0.05, 0.1) is 36.8 Å². The Labute approximate surface area is 189 Å². The molecule has 1 aromatic rings. The lowest BCUT2D eigenvalue weighted by Crippen LogP contribution is -2.64. The number of nitrogens with one attached hydrogen (secondary N) is 2. The van der Waals surface area contributed by atoms with Crippen molar-refractivity contribution in [1.29, 1.82) is 0 Å². The van der Waals surface area contributed by atoms with Crippen LogP contribution in [0.15, 0.2) is 24.3 Å². The summed E-state index contributed by atoms with van der Waals surface area (Å²) in [6, 6.07) is 8.02. The van der Waals surface area contributed by atoms with Gasteiger partial charge in [-0.3, -0.25) is 9.59 Å². The van der Waals surface area contributed by atoms with E-state index in [-0.39, 0.29) is 36.8 Å². The summed E-state index contributed by atoms with van der Waals surface area (Å²) in [5, 5.41) is 15.7.